The van der Waals surface area contributed by atoms with E-state index in [1.807, 2.05) is 133 Å². The average molecular weight is 1770 g/mol. The van der Waals surface area contributed by atoms with Crippen LogP contribution in [-0.4, -0.2) is 94.0 Å². The highest BCUT2D eigenvalue weighted by Crippen LogP contribution is 2.46. The summed E-state index contributed by atoms with van der Waals surface area (Å²) < 4.78 is 39.1. The number of thiophene rings is 6. The van der Waals surface area contributed by atoms with E-state index in [0.717, 1.165) is 118 Å². The van der Waals surface area contributed by atoms with E-state index in [1.54, 1.807) is 70.9 Å². The first-order chi connectivity index (χ1) is 58.4. The second kappa shape index (κ2) is 39.3. The zero-order chi connectivity index (χ0) is 85.6. The molecule has 618 valence electrons. The molecule has 33 heteroatoms. The Morgan fingerprint density at radius 2 is 0.876 bits per heavy atom. The number of carbonyl (C=O) groups excluding carboxylic acids is 4. The van der Waals surface area contributed by atoms with Gasteiger partial charge in [0.15, 0.2) is 9.84 Å². The Balaban J connectivity index is 0.000000125. The lowest BCUT2D eigenvalue weighted by molar-refractivity contribution is 0.0993. The van der Waals surface area contributed by atoms with Crippen molar-refractivity contribution in [2.24, 2.45) is 22.9 Å². The third-order valence-corrected chi connectivity index (χ3v) is 29.3. The number of sulfone groups is 1. The van der Waals surface area contributed by atoms with Crippen molar-refractivity contribution in [2.45, 2.75) is 75.2 Å². The van der Waals surface area contributed by atoms with Gasteiger partial charge in [0.05, 0.1) is 57.1 Å². The fraction of sp³-hybridized carbons (Fsp3) is 0.170. The molecule has 1 fully saturated rings. The van der Waals surface area contributed by atoms with Gasteiger partial charge >= 0.3 is 0 Å². The molecule has 25 nitrogen and oxygen atoms in total. The van der Waals surface area contributed by atoms with E-state index in [-0.39, 0.29) is 4.90 Å². The minimum absolute atomic E-state index is 0.230. The van der Waals surface area contributed by atoms with Crippen LogP contribution in [-0.2, 0) is 45.2 Å². The zero-order valence-electron chi connectivity index (χ0n) is 65.8. The molecular weight excluding hydrogens is 1680 g/mol. The molecule has 13 aromatic heterocycles. The van der Waals surface area contributed by atoms with Gasteiger partial charge in [-0.3, -0.25) is 19.2 Å². The van der Waals surface area contributed by atoms with Gasteiger partial charge in [0.2, 0.25) is 0 Å². The molecule has 4 amide bonds. The maximum atomic E-state index is 11.8. The number of amides is 4. The molecule has 0 aliphatic heterocycles. The number of hydrogen-bond donors (Lipinski definition) is 10. The van der Waals surface area contributed by atoms with E-state index >= 15 is 0 Å². The van der Waals surface area contributed by atoms with Crippen LogP contribution in [0.4, 0.5) is 34.9 Å². The normalized spacial score (nSPS) is 12.0. The van der Waals surface area contributed by atoms with Gasteiger partial charge in [0, 0.05) is 149 Å². The summed E-state index contributed by atoms with van der Waals surface area (Å²) in [6.45, 7) is 1.10. The van der Waals surface area contributed by atoms with Gasteiger partial charge in [-0.15, -0.1) is 79.4 Å². The van der Waals surface area contributed by atoms with Gasteiger partial charge in [-0.2, -0.15) is 0 Å². The second-order valence-corrected chi connectivity index (χ2v) is 37.3. The minimum atomic E-state index is -3.32. The van der Waals surface area contributed by atoms with Crippen LogP contribution < -0.4 is 57.3 Å². The van der Waals surface area contributed by atoms with Crippen molar-refractivity contribution in [3.8, 4) is 41.9 Å². The summed E-state index contributed by atoms with van der Waals surface area (Å²) in [5, 5.41) is 7.91. The maximum Gasteiger partial charge on any atom is 0.251 e. The quantitative estimate of drug-likeness (QED) is 0.0336. The average Bonchev–Trinajstić information content (AvgIpc) is 1.63. The first-order valence-corrected chi connectivity index (χ1v) is 45.6. The summed E-state index contributed by atoms with van der Waals surface area (Å²) in [5.74, 6) is 1.38. The largest absolute Gasteiger partial charge is 0.385 e. The molecular formula is C88H85N17O8S8. The number of ether oxygens (including phenoxy) is 2. The van der Waals surface area contributed by atoms with Crippen molar-refractivity contribution in [1.82, 2.24) is 34.9 Å². The highest BCUT2D eigenvalue weighted by atomic mass is 32.2. The second-order valence-electron chi connectivity index (χ2n) is 27.9. The SMILES string of the molecule is COCCCc1cc2c(N)ncc(C(N)=O)c2s1.COCc1c(-c2ccccc2)sc2c(C(N)=O)cnc(N)c12.CS(=O)(=O)c1cnc(N)c2cc(-c3ccccc3)sc12.NC(=O)c1cnc(N)c2cc(C3CCCCC3)sc12.NC(=O)c1cnc(N)c2cc(CCc3ccccc3)sc12.Nc1ncc(-c2nccs2)c2sc(-c3ccccc3)cc12. The lowest BCUT2D eigenvalue weighted by Crippen LogP contribution is -2.12. The van der Waals surface area contributed by atoms with Gasteiger partial charge in [0.25, 0.3) is 23.6 Å². The molecule has 1 saturated carbocycles. The van der Waals surface area contributed by atoms with Crippen molar-refractivity contribution < 1.29 is 37.1 Å². The molecule has 0 bridgehead atoms. The van der Waals surface area contributed by atoms with Crippen molar-refractivity contribution in [3.05, 3.63) is 248 Å². The standard InChI is InChI=1S/C16H15N3O2S.C16H15N3OS.C16H11N3S2.C14H17N3OS.C14H12N2O2S2.C12H15N3O2S/c1-21-8-11-12-14(10(16(18)20)7-19-15(12)17)22-13(11)9-5-3-2-4-6-9;17-15-12-8-11(7-6-10-4-2-1-3-5-10)21-14(12)13(9-19-15)16(18)20;17-15-11-8-13(10-4-2-1-3-5-10)21-14(11)12(9-19-15)16-18-6-7-20-16;15-13-9-6-11(8-4-2-1-3-5-8)19-12(9)10(7-17-13)14(16)18;1-20(17,18)12-8-16-14(15)10-7-11(19-13(10)12)9-5-3-2-4-6-9;1-17-4-2-3-7-5-8-10(18-7)9(12(14)16)6-15-11(8)13/h2-7H,8H2,1H3,(H2,17,19)(H2,18,20);1-5,8-9H,6-7H2,(H2,17,19)(H2,18,20);1-9H,(H2,17,19);6-8H,1-5H2,(H2,15,17)(H2,16,18);2-8H,1H3,(H2,15,16);5-6H,2-4H2,1H3,(H2,13,15)(H2,14,16). The number of anilines is 6. The molecule has 0 spiro atoms. The fourth-order valence-corrected chi connectivity index (χ4v) is 23.0. The summed E-state index contributed by atoms with van der Waals surface area (Å²) in [5.41, 5.74) is 65.4. The van der Waals surface area contributed by atoms with E-state index in [1.165, 1.54) is 118 Å². The van der Waals surface area contributed by atoms with Crippen molar-refractivity contribution in [3.63, 3.8) is 0 Å². The number of aryl methyl sites for hydroxylation is 3. The summed E-state index contributed by atoms with van der Waals surface area (Å²) >= 11 is 11.0. The number of carbonyl (C=O) groups is 4. The highest BCUT2D eigenvalue weighted by Gasteiger charge is 2.25. The van der Waals surface area contributed by atoms with Crippen LogP contribution in [0, 0.1) is 0 Å². The van der Waals surface area contributed by atoms with Gasteiger partial charge in [-0.1, -0.05) is 141 Å². The monoisotopic (exact) mass is 1760 g/mol. The summed E-state index contributed by atoms with van der Waals surface area (Å²) in [4.78, 5) is 81.9. The Morgan fingerprint density at radius 1 is 0.438 bits per heavy atom. The molecule has 1 aliphatic rings. The van der Waals surface area contributed by atoms with Gasteiger partial charge in [0.1, 0.15) is 44.8 Å². The first-order valence-electron chi connectivity index (χ1n) is 37.9. The van der Waals surface area contributed by atoms with Crippen LogP contribution in [0.1, 0.15) is 112 Å². The molecule has 20 N–H and O–H groups in total. The number of pyridine rings is 6. The van der Waals surface area contributed by atoms with E-state index in [9.17, 15) is 27.6 Å². The van der Waals surface area contributed by atoms with E-state index in [4.69, 9.17) is 66.8 Å². The van der Waals surface area contributed by atoms with Crippen molar-refractivity contribution in [1.29, 1.82) is 0 Å². The molecule has 4 aromatic carbocycles. The number of rotatable bonds is 19. The number of methoxy groups -OCH3 is 2. The molecule has 0 radical (unpaired) electrons. The van der Waals surface area contributed by atoms with E-state index < -0.39 is 33.5 Å². The Labute approximate surface area is 724 Å². The number of hydrogen-bond acceptors (Lipinski definition) is 28. The number of aromatic nitrogens is 7. The lowest BCUT2D eigenvalue weighted by atomic mass is 9.88. The number of fused-ring (bicyclic) bond motifs is 6. The Kier molecular flexibility index (Phi) is 28.1. The predicted octanol–water partition coefficient (Wildman–Crippen LogP) is 17.8. The summed E-state index contributed by atoms with van der Waals surface area (Å²) in [6, 6.07) is 50.4. The fourth-order valence-electron chi connectivity index (χ4n) is 13.7. The van der Waals surface area contributed by atoms with E-state index in [0.29, 0.717) is 86.4 Å². The smallest absolute Gasteiger partial charge is 0.251 e. The minimum Gasteiger partial charge on any atom is -0.385 e. The first kappa shape index (κ1) is 86.6. The van der Waals surface area contributed by atoms with Gasteiger partial charge in [-0.05, 0) is 97.0 Å². The molecule has 0 atom stereocenters. The van der Waals surface area contributed by atoms with Gasteiger partial charge in [-0.25, -0.2) is 43.3 Å². The number of primary amides is 4. The van der Waals surface area contributed by atoms with Crippen molar-refractivity contribution in [2.75, 3.05) is 61.5 Å². The highest BCUT2D eigenvalue weighted by molar-refractivity contribution is 7.91. The third-order valence-electron chi connectivity index (χ3n) is 19.7. The van der Waals surface area contributed by atoms with Crippen LogP contribution in [0.5, 0.6) is 0 Å². The molecule has 0 saturated heterocycles. The molecule has 13 heterocycles. The molecule has 0 unspecified atom stereocenters. The summed E-state index contributed by atoms with van der Waals surface area (Å²) in [7, 11) is -0.0192. The molecule has 1 aliphatic carbocycles. The van der Waals surface area contributed by atoms with Crippen LogP contribution in [0.3, 0.4) is 0 Å². The van der Waals surface area contributed by atoms with E-state index in [2.05, 4.69) is 71.3 Å². The predicted molar refractivity (Wildman–Crippen MR) is 499 cm³/mol. The third kappa shape index (κ3) is 20.3. The Morgan fingerprint density at radius 3 is 1.36 bits per heavy atom. The number of thiazole rings is 1. The van der Waals surface area contributed by atoms with Crippen LogP contribution >= 0.6 is 79.4 Å². The topological polar surface area (TPSA) is 471 Å². The zero-order valence-corrected chi connectivity index (χ0v) is 72.4. The maximum absolute atomic E-state index is 11.8. The number of nitrogens with two attached hydrogens (primary N) is 10. The van der Waals surface area contributed by atoms with Crippen LogP contribution in [0.15, 0.2) is 205 Å². The number of nitrogens with zero attached hydrogens (tertiary/aromatic N) is 7. The molecule has 18 rings (SSSR count). The van der Waals surface area contributed by atoms with Crippen LogP contribution in [0.2, 0.25) is 0 Å². The Bertz CT molecular complexity index is 6690. The molecule has 121 heavy (non-hydrogen) atoms. The number of benzene rings is 4. The lowest BCUT2D eigenvalue weighted by Gasteiger charge is -2.19. The Hall–Kier alpha value is -12.3. The van der Waals surface area contributed by atoms with Crippen molar-refractivity contribution >= 4 is 208 Å². The van der Waals surface area contributed by atoms with Gasteiger partial charge < -0.3 is 66.8 Å². The summed E-state index contributed by atoms with van der Waals surface area (Å²) in [6.07, 6.45) is 22.0. The number of nitrogen functional groups attached to an aromatic ring is 6. The molecule has 17 aromatic rings. The van der Waals surface area contributed by atoms with Crippen LogP contribution in [0.25, 0.3) is 102 Å².